The smallest absolute Gasteiger partial charge is 0.260 e. The lowest BCUT2D eigenvalue weighted by Crippen LogP contribution is -2.32. The number of carbonyl (C=O) groups excluding carboxylic acids is 1. The third kappa shape index (κ3) is 3.36. The predicted octanol–water partition coefficient (Wildman–Crippen LogP) is 2.57. The molecular weight excluding hydrogens is 280 g/mol. The van der Waals surface area contributed by atoms with Gasteiger partial charge in [0, 0.05) is 11.3 Å². The Hall–Kier alpha value is -2.56. The molecule has 0 spiro atoms. The summed E-state index contributed by atoms with van der Waals surface area (Å²) in [5.41, 5.74) is 1.34. The number of amides is 1. The second kappa shape index (κ2) is 6.93. The average Bonchev–Trinajstić information content (AvgIpc) is 2.52. The van der Waals surface area contributed by atoms with E-state index in [1.807, 2.05) is 31.2 Å². The summed E-state index contributed by atoms with van der Waals surface area (Å²) < 4.78 is 5.34. The van der Waals surface area contributed by atoms with Crippen molar-refractivity contribution < 1.29 is 9.53 Å². The van der Waals surface area contributed by atoms with Gasteiger partial charge in [-0.3, -0.25) is 9.59 Å². The first-order valence-electron chi connectivity index (χ1n) is 7.20. The van der Waals surface area contributed by atoms with Gasteiger partial charge in [-0.2, -0.15) is 0 Å². The van der Waals surface area contributed by atoms with Gasteiger partial charge in [0.05, 0.1) is 13.2 Å². The maximum atomic E-state index is 12.3. The molecule has 0 unspecified atom stereocenters. The van der Waals surface area contributed by atoms with Crippen LogP contribution in [0.4, 0.5) is 0 Å². The number of rotatable bonds is 5. The van der Waals surface area contributed by atoms with Crippen LogP contribution >= 0.6 is 0 Å². The van der Waals surface area contributed by atoms with Crippen LogP contribution in [-0.2, 0) is 0 Å². The van der Waals surface area contributed by atoms with E-state index in [2.05, 4.69) is 10.3 Å². The number of benzene rings is 1. The van der Waals surface area contributed by atoms with Crippen LogP contribution in [0.15, 0.2) is 41.2 Å². The summed E-state index contributed by atoms with van der Waals surface area (Å²) in [4.78, 5) is 26.8. The predicted molar refractivity (Wildman–Crippen MR) is 85.3 cm³/mol. The summed E-state index contributed by atoms with van der Waals surface area (Å²) in [7, 11) is 1.60. The fourth-order valence-corrected chi connectivity index (χ4v) is 2.34. The first kappa shape index (κ1) is 15.8. The Morgan fingerprint density at radius 2 is 2.00 bits per heavy atom. The number of hydrogen-bond acceptors (Lipinski definition) is 3. The lowest BCUT2D eigenvalue weighted by molar-refractivity contribution is 0.0933. The first-order chi connectivity index (χ1) is 10.6. The molecule has 0 aliphatic heterocycles. The van der Waals surface area contributed by atoms with E-state index in [4.69, 9.17) is 4.74 Å². The molecule has 116 valence electrons. The third-order valence-corrected chi connectivity index (χ3v) is 3.53. The highest BCUT2D eigenvalue weighted by atomic mass is 16.5. The highest BCUT2D eigenvalue weighted by molar-refractivity contribution is 5.94. The monoisotopic (exact) mass is 300 g/mol. The van der Waals surface area contributed by atoms with Crippen molar-refractivity contribution in [1.82, 2.24) is 10.3 Å². The minimum atomic E-state index is -0.390. The second-order valence-corrected chi connectivity index (χ2v) is 5.06. The summed E-state index contributed by atoms with van der Waals surface area (Å²) in [5, 5.41) is 2.90. The molecule has 2 rings (SSSR count). The number of aromatic nitrogens is 1. The standard InChI is InChI=1S/C17H20N2O3/c1-4-14(12-7-5-6-8-15(12)22-3)19-17(21)13-10-9-11(2)18-16(13)20/h5-10,14H,4H2,1-3H3,(H,18,20)(H,19,21)/t14-/m1/s1. The van der Waals surface area contributed by atoms with Crippen LogP contribution < -0.4 is 15.6 Å². The summed E-state index contributed by atoms with van der Waals surface area (Å²) in [5.74, 6) is 0.325. The molecule has 1 aromatic carbocycles. The van der Waals surface area contributed by atoms with E-state index >= 15 is 0 Å². The summed E-state index contributed by atoms with van der Waals surface area (Å²) in [6, 6.07) is 10.6. The molecule has 0 aliphatic carbocycles. The first-order valence-corrected chi connectivity index (χ1v) is 7.20. The highest BCUT2D eigenvalue weighted by Crippen LogP contribution is 2.26. The van der Waals surface area contributed by atoms with Crippen molar-refractivity contribution in [3.63, 3.8) is 0 Å². The van der Waals surface area contributed by atoms with Crippen LogP contribution in [0.2, 0.25) is 0 Å². The molecule has 5 heteroatoms. The highest BCUT2D eigenvalue weighted by Gasteiger charge is 2.19. The Balaban J connectivity index is 2.26. The van der Waals surface area contributed by atoms with Gasteiger partial charge in [-0.05, 0) is 31.5 Å². The minimum Gasteiger partial charge on any atom is -0.496 e. The molecule has 0 radical (unpaired) electrons. The number of ether oxygens (including phenoxy) is 1. The number of H-pyrrole nitrogens is 1. The average molecular weight is 300 g/mol. The molecule has 2 aromatic rings. The van der Waals surface area contributed by atoms with E-state index in [-0.39, 0.29) is 23.1 Å². The van der Waals surface area contributed by atoms with Gasteiger partial charge in [-0.25, -0.2) is 0 Å². The molecule has 0 fully saturated rings. The zero-order valence-corrected chi connectivity index (χ0v) is 13.0. The summed E-state index contributed by atoms with van der Waals surface area (Å²) in [6.45, 7) is 3.74. The van der Waals surface area contributed by atoms with Gasteiger partial charge in [-0.15, -0.1) is 0 Å². The van der Waals surface area contributed by atoms with Crippen molar-refractivity contribution in [2.45, 2.75) is 26.3 Å². The van der Waals surface area contributed by atoms with E-state index in [1.165, 1.54) is 0 Å². The van der Waals surface area contributed by atoms with Crippen LogP contribution in [0.5, 0.6) is 5.75 Å². The Morgan fingerprint density at radius 1 is 1.27 bits per heavy atom. The SMILES string of the molecule is CC[C@@H](NC(=O)c1ccc(C)[nH]c1=O)c1ccccc1OC. The molecule has 5 nitrogen and oxygen atoms in total. The molecule has 1 heterocycles. The normalized spacial score (nSPS) is 11.8. The van der Waals surface area contributed by atoms with Gasteiger partial charge in [0.15, 0.2) is 0 Å². The van der Waals surface area contributed by atoms with Crippen molar-refractivity contribution in [1.29, 1.82) is 0 Å². The van der Waals surface area contributed by atoms with Crippen LogP contribution in [0.3, 0.4) is 0 Å². The summed E-state index contributed by atoms with van der Waals surface area (Å²) in [6.07, 6.45) is 0.690. The molecular formula is C17H20N2O3. The molecule has 2 N–H and O–H groups in total. The summed E-state index contributed by atoms with van der Waals surface area (Å²) >= 11 is 0. The van der Waals surface area contributed by atoms with Crippen LogP contribution in [0.1, 0.15) is 41.0 Å². The molecule has 1 atom stereocenters. The van der Waals surface area contributed by atoms with Crippen LogP contribution in [0.25, 0.3) is 0 Å². The number of aryl methyl sites for hydroxylation is 1. The number of pyridine rings is 1. The molecule has 22 heavy (non-hydrogen) atoms. The maximum Gasteiger partial charge on any atom is 0.260 e. The van der Waals surface area contributed by atoms with Crippen LogP contribution in [-0.4, -0.2) is 18.0 Å². The van der Waals surface area contributed by atoms with Crippen LogP contribution in [0, 0.1) is 6.92 Å². The Morgan fingerprint density at radius 3 is 2.64 bits per heavy atom. The Labute approximate surface area is 129 Å². The van der Waals surface area contributed by atoms with E-state index in [0.29, 0.717) is 12.2 Å². The molecule has 1 aromatic heterocycles. The van der Waals surface area contributed by atoms with Gasteiger partial charge in [0.25, 0.3) is 11.5 Å². The number of hydrogen-bond donors (Lipinski definition) is 2. The number of methoxy groups -OCH3 is 1. The van der Waals surface area contributed by atoms with Crippen molar-refractivity contribution >= 4 is 5.91 Å². The second-order valence-electron chi connectivity index (χ2n) is 5.06. The van der Waals surface area contributed by atoms with Gasteiger partial charge < -0.3 is 15.0 Å². The van der Waals surface area contributed by atoms with Crippen molar-refractivity contribution in [3.8, 4) is 5.75 Å². The van der Waals surface area contributed by atoms with Gasteiger partial charge in [-0.1, -0.05) is 25.1 Å². The molecule has 0 saturated heterocycles. The molecule has 0 saturated carbocycles. The number of aromatic amines is 1. The number of para-hydroxylation sites is 1. The molecule has 1 amide bonds. The van der Waals surface area contributed by atoms with E-state index in [1.54, 1.807) is 26.2 Å². The Bertz CT molecular complexity index is 722. The molecule has 0 aliphatic rings. The Kier molecular flexibility index (Phi) is 4.99. The van der Waals surface area contributed by atoms with E-state index in [0.717, 1.165) is 11.3 Å². The fourth-order valence-electron chi connectivity index (χ4n) is 2.34. The maximum absolute atomic E-state index is 12.3. The fraction of sp³-hybridized carbons (Fsp3) is 0.294. The van der Waals surface area contributed by atoms with E-state index < -0.39 is 0 Å². The minimum absolute atomic E-state index is 0.110. The lowest BCUT2D eigenvalue weighted by Gasteiger charge is -2.19. The van der Waals surface area contributed by atoms with E-state index in [9.17, 15) is 9.59 Å². The number of carbonyl (C=O) groups is 1. The van der Waals surface area contributed by atoms with Crippen molar-refractivity contribution in [2.75, 3.05) is 7.11 Å². The largest absolute Gasteiger partial charge is 0.496 e. The quantitative estimate of drug-likeness (QED) is 0.891. The van der Waals surface area contributed by atoms with Crippen molar-refractivity contribution in [3.05, 3.63) is 63.6 Å². The van der Waals surface area contributed by atoms with Crippen molar-refractivity contribution in [2.24, 2.45) is 0 Å². The van der Waals surface area contributed by atoms with Gasteiger partial charge >= 0.3 is 0 Å². The van der Waals surface area contributed by atoms with Gasteiger partial charge in [0.1, 0.15) is 11.3 Å². The third-order valence-electron chi connectivity index (χ3n) is 3.53. The lowest BCUT2D eigenvalue weighted by atomic mass is 10.0. The molecule has 0 bridgehead atoms. The zero-order valence-electron chi connectivity index (χ0n) is 13.0. The van der Waals surface area contributed by atoms with Gasteiger partial charge in [0.2, 0.25) is 0 Å². The zero-order chi connectivity index (χ0) is 16.1. The number of nitrogens with one attached hydrogen (secondary N) is 2. The topological polar surface area (TPSA) is 71.2 Å².